The van der Waals surface area contributed by atoms with Gasteiger partial charge < -0.3 is 20.3 Å². The Balaban J connectivity index is 0.000000479. The van der Waals surface area contributed by atoms with Gasteiger partial charge in [0.1, 0.15) is 0 Å². The van der Waals surface area contributed by atoms with Crippen molar-refractivity contribution in [2.45, 2.75) is 44.8 Å². The van der Waals surface area contributed by atoms with Crippen LogP contribution < -0.4 is 5.32 Å². The summed E-state index contributed by atoms with van der Waals surface area (Å²) in [4.78, 5) is 27.4. The molecule has 2 aromatic carbocycles. The van der Waals surface area contributed by atoms with E-state index in [9.17, 15) is 18.0 Å². The van der Waals surface area contributed by atoms with Crippen LogP contribution >= 0.6 is 23.2 Å². The second-order valence-electron chi connectivity index (χ2n) is 8.91. The Bertz CT molecular complexity index is 1210. The Labute approximate surface area is 222 Å². The zero-order valence-electron chi connectivity index (χ0n) is 20.2. The van der Waals surface area contributed by atoms with E-state index in [0.29, 0.717) is 28.2 Å². The number of nitrogens with one attached hydrogen (secondary N) is 2. The molecule has 4 rings (SSSR count). The third kappa shape index (κ3) is 8.12. The van der Waals surface area contributed by atoms with E-state index in [0.717, 1.165) is 35.1 Å². The third-order valence-electron chi connectivity index (χ3n) is 6.19. The van der Waals surface area contributed by atoms with Gasteiger partial charge in [0.25, 0.3) is 5.91 Å². The molecule has 0 radical (unpaired) electrons. The molecule has 0 saturated carbocycles. The molecule has 0 bridgehead atoms. The third-order valence-corrected chi connectivity index (χ3v) is 6.91. The average Bonchev–Trinajstić information content (AvgIpc) is 3.25. The lowest BCUT2D eigenvalue weighted by molar-refractivity contribution is -0.192. The first-order valence-corrected chi connectivity index (χ1v) is 12.6. The lowest BCUT2D eigenvalue weighted by Crippen LogP contribution is -2.39. The van der Waals surface area contributed by atoms with Gasteiger partial charge in [0.15, 0.2) is 0 Å². The number of carbonyl (C=O) groups excluding carboxylic acids is 1. The number of aromatic nitrogens is 1. The number of H-pyrrole nitrogens is 1. The predicted octanol–water partition coefficient (Wildman–Crippen LogP) is 6.77. The van der Waals surface area contributed by atoms with Gasteiger partial charge in [-0.3, -0.25) is 4.79 Å². The minimum absolute atomic E-state index is 0.0363. The summed E-state index contributed by atoms with van der Waals surface area (Å²) >= 11 is 12.2. The van der Waals surface area contributed by atoms with Gasteiger partial charge in [-0.05, 0) is 68.6 Å². The highest BCUT2D eigenvalue weighted by Crippen LogP contribution is 2.31. The van der Waals surface area contributed by atoms with Crippen LogP contribution in [0, 0.1) is 0 Å². The molecule has 1 fully saturated rings. The first kappa shape index (κ1) is 28.8. The summed E-state index contributed by atoms with van der Waals surface area (Å²) in [6.07, 6.45) is -0.207. The van der Waals surface area contributed by atoms with E-state index in [2.05, 4.69) is 22.1 Å². The number of benzene rings is 2. The van der Waals surface area contributed by atoms with E-state index >= 15 is 0 Å². The molecule has 3 N–H and O–H groups in total. The molecule has 1 aliphatic heterocycles. The number of hydrogen-bond acceptors (Lipinski definition) is 3. The van der Waals surface area contributed by atoms with Gasteiger partial charge in [0, 0.05) is 41.3 Å². The zero-order chi connectivity index (χ0) is 27.2. The number of likely N-dealkylation sites (tertiary alicyclic amines) is 1. The summed E-state index contributed by atoms with van der Waals surface area (Å²) in [5, 5.41) is 12.2. The summed E-state index contributed by atoms with van der Waals surface area (Å²) in [5.74, 6) is -2.79. The van der Waals surface area contributed by atoms with E-state index < -0.39 is 12.1 Å². The number of hydrogen-bond donors (Lipinski definition) is 3. The number of nitrogens with zero attached hydrogens (tertiary/aromatic N) is 1. The molecule has 3 aromatic rings. The molecular formula is C26H28Cl2F3N3O3. The monoisotopic (exact) mass is 557 g/mol. The lowest BCUT2D eigenvalue weighted by atomic mass is 10.0. The molecule has 1 saturated heterocycles. The second kappa shape index (κ2) is 12.7. The Hall–Kier alpha value is -2.75. The molecule has 1 amide bonds. The molecule has 200 valence electrons. The second-order valence-corrected chi connectivity index (χ2v) is 9.72. The van der Waals surface area contributed by atoms with Crippen LogP contribution in [0.5, 0.6) is 0 Å². The highest BCUT2D eigenvalue weighted by molar-refractivity contribution is 6.42. The molecule has 6 nitrogen and oxygen atoms in total. The maximum atomic E-state index is 12.6. The Morgan fingerprint density at radius 2 is 1.84 bits per heavy atom. The maximum absolute atomic E-state index is 12.6. The topological polar surface area (TPSA) is 85.4 Å². The van der Waals surface area contributed by atoms with Crippen molar-refractivity contribution in [1.82, 2.24) is 15.2 Å². The van der Waals surface area contributed by atoms with Gasteiger partial charge in [-0.15, -0.1) is 0 Å². The van der Waals surface area contributed by atoms with Crippen molar-refractivity contribution in [2.24, 2.45) is 0 Å². The molecule has 11 heteroatoms. The van der Waals surface area contributed by atoms with Gasteiger partial charge in [-0.2, -0.15) is 13.2 Å². The number of amides is 1. The van der Waals surface area contributed by atoms with Gasteiger partial charge in [-0.25, -0.2) is 4.79 Å². The molecule has 1 aromatic heterocycles. The van der Waals surface area contributed by atoms with Crippen molar-refractivity contribution >= 4 is 46.0 Å². The maximum Gasteiger partial charge on any atom is 0.490 e. The number of carboxylic acid groups (broad SMARTS) is 1. The number of rotatable bonds is 6. The number of carbonyl (C=O) groups is 2. The molecule has 0 spiro atoms. The van der Waals surface area contributed by atoms with Crippen LogP contribution in [0.1, 0.15) is 43.0 Å². The van der Waals surface area contributed by atoms with Crippen LogP contribution in [0.25, 0.3) is 22.2 Å². The van der Waals surface area contributed by atoms with E-state index in [-0.39, 0.29) is 5.91 Å². The molecule has 37 heavy (non-hydrogen) atoms. The highest BCUT2D eigenvalue weighted by Gasteiger charge is 2.38. The Kier molecular flexibility index (Phi) is 9.87. The van der Waals surface area contributed by atoms with Crippen molar-refractivity contribution < 1.29 is 27.9 Å². The van der Waals surface area contributed by atoms with Crippen LogP contribution in [0.15, 0.2) is 42.5 Å². The molecule has 1 aliphatic rings. The van der Waals surface area contributed by atoms with E-state index in [1.165, 1.54) is 25.8 Å². The van der Waals surface area contributed by atoms with E-state index in [1.807, 2.05) is 42.5 Å². The van der Waals surface area contributed by atoms with Crippen molar-refractivity contribution in [3.8, 4) is 11.3 Å². The van der Waals surface area contributed by atoms with Crippen molar-refractivity contribution in [3.05, 3.63) is 58.1 Å². The van der Waals surface area contributed by atoms with Crippen LogP contribution in [-0.2, 0) is 4.79 Å². The van der Waals surface area contributed by atoms with E-state index in [4.69, 9.17) is 33.1 Å². The number of fused-ring (bicyclic) bond motifs is 1. The minimum Gasteiger partial charge on any atom is -0.475 e. The van der Waals surface area contributed by atoms with Gasteiger partial charge in [0.05, 0.1) is 10.0 Å². The van der Waals surface area contributed by atoms with Gasteiger partial charge >= 0.3 is 12.1 Å². The molecule has 0 aliphatic carbocycles. The fourth-order valence-corrected chi connectivity index (χ4v) is 4.52. The smallest absolute Gasteiger partial charge is 0.475 e. The average molecular weight is 558 g/mol. The lowest BCUT2D eigenvalue weighted by Gasteiger charge is -2.33. The quantitative estimate of drug-likeness (QED) is 0.292. The normalized spacial score (nSPS) is 16.2. The van der Waals surface area contributed by atoms with Crippen LogP contribution in [-0.4, -0.2) is 58.7 Å². The first-order valence-electron chi connectivity index (χ1n) is 11.9. The first-order chi connectivity index (χ1) is 17.5. The number of halogens is 5. The van der Waals surface area contributed by atoms with Crippen LogP contribution in [0.4, 0.5) is 13.2 Å². The van der Waals surface area contributed by atoms with Crippen LogP contribution in [0.2, 0.25) is 10.0 Å². The summed E-state index contributed by atoms with van der Waals surface area (Å²) < 4.78 is 31.7. The number of aromatic amines is 1. The van der Waals surface area contributed by atoms with E-state index in [1.54, 1.807) is 0 Å². The summed E-state index contributed by atoms with van der Waals surface area (Å²) in [6.45, 7) is 5.21. The predicted molar refractivity (Wildman–Crippen MR) is 139 cm³/mol. The number of piperidine rings is 1. The largest absolute Gasteiger partial charge is 0.490 e. The molecule has 1 atom stereocenters. The van der Waals surface area contributed by atoms with Crippen molar-refractivity contribution in [1.29, 1.82) is 0 Å². The molecule has 1 unspecified atom stereocenters. The molecule has 2 heterocycles. The van der Waals surface area contributed by atoms with Gasteiger partial charge in [-0.1, -0.05) is 41.8 Å². The standard InChI is InChI=1S/C24H27Cl2N3O.C2HF3O2/c1-16-6-2-3-10-29(16)11-5-9-27-24(30)18-8-4-7-17(12-18)22-14-19-13-20(25)21(26)15-23(19)28-22;3-2(4,5)1(6)7/h4,7-8,12-16,28H,2-3,5-6,9-11H2,1H3,(H,27,30);(H,6,7). The Morgan fingerprint density at radius 1 is 1.14 bits per heavy atom. The highest BCUT2D eigenvalue weighted by atomic mass is 35.5. The summed E-state index contributed by atoms with van der Waals surface area (Å²) in [6, 6.07) is 14.0. The minimum atomic E-state index is -5.08. The Morgan fingerprint density at radius 3 is 2.51 bits per heavy atom. The van der Waals surface area contributed by atoms with Gasteiger partial charge in [0.2, 0.25) is 0 Å². The fraction of sp³-hybridized carbons (Fsp3) is 0.385. The summed E-state index contributed by atoms with van der Waals surface area (Å²) in [5.41, 5.74) is 3.46. The fourth-order valence-electron chi connectivity index (χ4n) is 4.19. The number of carboxylic acids is 1. The van der Waals surface area contributed by atoms with Crippen LogP contribution in [0.3, 0.4) is 0 Å². The SMILES string of the molecule is CC1CCCCN1CCCNC(=O)c1cccc(-c2cc3cc(Cl)c(Cl)cc3[nH]2)c1.O=C(O)C(F)(F)F. The zero-order valence-corrected chi connectivity index (χ0v) is 21.7. The van der Waals surface area contributed by atoms with Crippen molar-refractivity contribution in [3.63, 3.8) is 0 Å². The number of aliphatic carboxylic acids is 1. The molecular weight excluding hydrogens is 530 g/mol. The number of alkyl halides is 3. The summed E-state index contributed by atoms with van der Waals surface area (Å²) in [7, 11) is 0. The van der Waals surface area contributed by atoms with Crippen molar-refractivity contribution in [2.75, 3.05) is 19.6 Å².